The molecule has 1 aromatic carbocycles. The topological polar surface area (TPSA) is 132 Å². The third-order valence-corrected chi connectivity index (χ3v) is 5.72. The molecule has 2 N–H and O–H groups in total. The SMILES string of the molecule is CCCCCOC(=O)CNC(=O)c1ccc(C(=O)NS(=O)(=O)CCc2ccc(F)cc2)cn1. The van der Waals surface area contributed by atoms with Crippen LogP contribution in [0.25, 0.3) is 0 Å². The van der Waals surface area contributed by atoms with E-state index in [-0.39, 0.29) is 36.6 Å². The Bertz CT molecular complexity index is 1060. The number of aryl methyl sites for hydroxylation is 1. The average Bonchev–Trinajstić information content (AvgIpc) is 2.80. The lowest BCUT2D eigenvalue weighted by Crippen LogP contribution is -2.33. The van der Waals surface area contributed by atoms with Crippen molar-refractivity contribution in [2.24, 2.45) is 0 Å². The third-order valence-electron chi connectivity index (χ3n) is 4.48. The van der Waals surface area contributed by atoms with Gasteiger partial charge >= 0.3 is 5.97 Å². The molecule has 2 amide bonds. The highest BCUT2D eigenvalue weighted by Gasteiger charge is 2.17. The van der Waals surface area contributed by atoms with E-state index >= 15 is 0 Å². The van der Waals surface area contributed by atoms with E-state index in [4.69, 9.17) is 4.74 Å². The van der Waals surface area contributed by atoms with Crippen molar-refractivity contribution in [3.63, 3.8) is 0 Å². The van der Waals surface area contributed by atoms with Gasteiger partial charge in [0.1, 0.15) is 18.1 Å². The van der Waals surface area contributed by atoms with Crippen molar-refractivity contribution in [1.29, 1.82) is 0 Å². The second kappa shape index (κ2) is 12.6. The highest BCUT2D eigenvalue weighted by Crippen LogP contribution is 2.06. The minimum atomic E-state index is -3.95. The van der Waals surface area contributed by atoms with Crippen molar-refractivity contribution < 1.29 is 31.9 Å². The number of ether oxygens (including phenoxy) is 1. The van der Waals surface area contributed by atoms with Gasteiger partial charge < -0.3 is 10.1 Å². The van der Waals surface area contributed by atoms with Crippen LogP contribution in [0.3, 0.4) is 0 Å². The van der Waals surface area contributed by atoms with Crippen molar-refractivity contribution in [2.45, 2.75) is 32.6 Å². The summed E-state index contributed by atoms with van der Waals surface area (Å²) >= 11 is 0. The fourth-order valence-electron chi connectivity index (χ4n) is 2.65. The molecule has 0 aliphatic heterocycles. The molecule has 2 aromatic rings. The monoisotopic (exact) mass is 479 g/mol. The van der Waals surface area contributed by atoms with E-state index < -0.39 is 33.6 Å². The number of nitrogens with zero attached hydrogens (tertiary/aromatic N) is 1. The van der Waals surface area contributed by atoms with Crippen molar-refractivity contribution in [3.8, 4) is 0 Å². The van der Waals surface area contributed by atoms with E-state index in [1.54, 1.807) is 0 Å². The largest absolute Gasteiger partial charge is 0.464 e. The number of hydrogen-bond acceptors (Lipinski definition) is 7. The number of benzene rings is 1. The zero-order valence-electron chi connectivity index (χ0n) is 18.2. The predicted molar refractivity (Wildman–Crippen MR) is 118 cm³/mol. The summed E-state index contributed by atoms with van der Waals surface area (Å²) in [5.41, 5.74) is 0.493. The summed E-state index contributed by atoms with van der Waals surface area (Å²) in [6.07, 6.45) is 3.85. The molecule has 0 radical (unpaired) electrons. The number of amides is 2. The van der Waals surface area contributed by atoms with Crippen LogP contribution >= 0.6 is 0 Å². The van der Waals surface area contributed by atoms with Crippen LogP contribution in [0.1, 0.15) is 52.6 Å². The number of halogens is 1. The number of nitrogens with one attached hydrogen (secondary N) is 2. The summed E-state index contributed by atoms with van der Waals surface area (Å²) in [5.74, 6) is -2.90. The van der Waals surface area contributed by atoms with E-state index in [2.05, 4.69) is 10.3 Å². The standard InChI is InChI=1S/C22H26FN3O6S/c1-2-3-4-12-32-20(27)15-25-22(29)19-10-7-17(14-24-19)21(28)26-33(30,31)13-11-16-5-8-18(23)9-6-16/h5-10,14H,2-4,11-13,15H2,1H3,(H,25,29)(H,26,28). The van der Waals surface area contributed by atoms with Gasteiger partial charge in [0, 0.05) is 6.20 Å². The Hall–Kier alpha value is -3.34. The van der Waals surface area contributed by atoms with Gasteiger partial charge in [-0.1, -0.05) is 31.9 Å². The van der Waals surface area contributed by atoms with Gasteiger partial charge in [0.2, 0.25) is 10.0 Å². The van der Waals surface area contributed by atoms with Gasteiger partial charge in [0.05, 0.1) is 17.9 Å². The molecule has 33 heavy (non-hydrogen) atoms. The molecule has 0 bridgehead atoms. The van der Waals surface area contributed by atoms with E-state index in [1.807, 2.05) is 11.6 Å². The molecule has 0 spiro atoms. The van der Waals surface area contributed by atoms with Gasteiger partial charge in [0.15, 0.2) is 0 Å². The zero-order chi connectivity index (χ0) is 24.3. The summed E-state index contributed by atoms with van der Waals surface area (Å²) < 4.78 is 44.1. The first-order valence-electron chi connectivity index (χ1n) is 10.4. The molecule has 1 heterocycles. The first-order valence-corrected chi connectivity index (χ1v) is 12.0. The second-order valence-electron chi connectivity index (χ2n) is 7.17. The van der Waals surface area contributed by atoms with Crippen molar-refractivity contribution >= 4 is 27.8 Å². The molecule has 11 heteroatoms. The van der Waals surface area contributed by atoms with Crippen LogP contribution in [0.5, 0.6) is 0 Å². The fraction of sp³-hybridized carbons (Fsp3) is 0.364. The lowest BCUT2D eigenvalue weighted by molar-refractivity contribution is -0.142. The molecule has 0 saturated heterocycles. The zero-order valence-corrected chi connectivity index (χ0v) is 19.0. The van der Waals surface area contributed by atoms with Crippen molar-refractivity contribution in [2.75, 3.05) is 18.9 Å². The van der Waals surface area contributed by atoms with Crippen molar-refractivity contribution in [1.82, 2.24) is 15.0 Å². The van der Waals surface area contributed by atoms with Crippen LogP contribution in [0, 0.1) is 5.82 Å². The van der Waals surface area contributed by atoms with Crippen LogP contribution in [0.15, 0.2) is 42.6 Å². The highest BCUT2D eigenvalue weighted by molar-refractivity contribution is 7.90. The van der Waals surface area contributed by atoms with E-state index in [1.165, 1.54) is 36.4 Å². The maximum atomic E-state index is 12.9. The van der Waals surface area contributed by atoms with Gasteiger partial charge in [-0.2, -0.15) is 0 Å². The van der Waals surface area contributed by atoms with Crippen LogP contribution < -0.4 is 10.0 Å². The molecule has 9 nitrogen and oxygen atoms in total. The number of pyridine rings is 1. The third kappa shape index (κ3) is 9.36. The molecule has 0 saturated carbocycles. The second-order valence-corrected chi connectivity index (χ2v) is 9.01. The number of hydrogen-bond donors (Lipinski definition) is 2. The number of sulfonamides is 1. The predicted octanol–water partition coefficient (Wildman–Crippen LogP) is 1.99. The maximum absolute atomic E-state index is 12.9. The summed E-state index contributed by atoms with van der Waals surface area (Å²) in [7, 11) is -3.95. The minimum Gasteiger partial charge on any atom is -0.464 e. The number of rotatable bonds is 12. The average molecular weight is 480 g/mol. The molecule has 0 fully saturated rings. The molecule has 0 aliphatic rings. The Labute approximate surface area is 191 Å². The Morgan fingerprint density at radius 3 is 2.39 bits per heavy atom. The lowest BCUT2D eigenvalue weighted by atomic mass is 10.2. The van der Waals surface area contributed by atoms with Crippen LogP contribution in [0.4, 0.5) is 4.39 Å². The number of carbonyl (C=O) groups is 3. The van der Waals surface area contributed by atoms with Gasteiger partial charge in [-0.05, 0) is 42.7 Å². The fourth-order valence-corrected chi connectivity index (χ4v) is 3.66. The van der Waals surface area contributed by atoms with Crippen molar-refractivity contribution in [3.05, 3.63) is 65.2 Å². The molecule has 178 valence electrons. The summed E-state index contributed by atoms with van der Waals surface area (Å²) in [6, 6.07) is 7.86. The highest BCUT2D eigenvalue weighted by atomic mass is 32.2. The Morgan fingerprint density at radius 2 is 1.76 bits per heavy atom. The van der Waals surface area contributed by atoms with Gasteiger partial charge in [-0.15, -0.1) is 0 Å². The van der Waals surface area contributed by atoms with E-state index in [9.17, 15) is 27.2 Å². The quantitative estimate of drug-likeness (QED) is 0.351. The van der Waals surface area contributed by atoms with E-state index in [0.29, 0.717) is 5.56 Å². The number of carbonyl (C=O) groups excluding carboxylic acids is 3. The summed E-state index contributed by atoms with van der Waals surface area (Å²) in [5, 5.41) is 2.37. The Morgan fingerprint density at radius 1 is 1.03 bits per heavy atom. The first-order chi connectivity index (χ1) is 15.7. The molecular formula is C22H26FN3O6S. The normalized spacial score (nSPS) is 11.0. The molecule has 0 atom stereocenters. The summed E-state index contributed by atoms with van der Waals surface area (Å²) in [6.45, 7) is 2.00. The van der Waals surface area contributed by atoms with Crippen LogP contribution in [-0.4, -0.2) is 50.1 Å². The minimum absolute atomic E-state index is 0.0514. The number of aromatic nitrogens is 1. The molecular weight excluding hydrogens is 453 g/mol. The maximum Gasteiger partial charge on any atom is 0.325 e. The van der Waals surface area contributed by atoms with Gasteiger partial charge in [-0.25, -0.2) is 17.5 Å². The van der Waals surface area contributed by atoms with Gasteiger partial charge in [0.25, 0.3) is 11.8 Å². The molecule has 2 rings (SSSR count). The van der Waals surface area contributed by atoms with Gasteiger partial charge in [-0.3, -0.25) is 19.4 Å². The van der Waals surface area contributed by atoms with E-state index in [0.717, 1.165) is 25.5 Å². The lowest BCUT2D eigenvalue weighted by Gasteiger charge is -2.08. The number of unbranched alkanes of at least 4 members (excludes halogenated alkanes) is 2. The summed E-state index contributed by atoms with van der Waals surface area (Å²) in [4.78, 5) is 39.7. The molecule has 1 aromatic heterocycles. The van der Waals surface area contributed by atoms with Crippen LogP contribution in [-0.2, 0) is 26.0 Å². The number of esters is 1. The first kappa shape index (κ1) is 25.9. The smallest absolute Gasteiger partial charge is 0.325 e. The molecule has 0 aliphatic carbocycles. The Kier molecular flexibility index (Phi) is 9.92. The van der Waals surface area contributed by atoms with Crippen LogP contribution in [0.2, 0.25) is 0 Å². The Balaban J connectivity index is 1.82. The molecule has 0 unspecified atom stereocenters.